The van der Waals surface area contributed by atoms with E-state index in [9.17, 15) is 0 Å². The van der Waals surface area contributed by atoms with Crippen LogP contribution in [-0.4, -0.2) is 25.7 Å². The van der Waals surface area contributed by atoms with Crippen LogP contribution in [0, 0.1) is 6.92 Å². The zero-order chi connectivity index (χ0) is 13.1. The van der Waals surface area contributed by atoms with Crippen molar-refractivity contribution in [2.45, 2.75) is 51.5 Å². The van der Waals surface area contributed by atoms with Gasteiger partial charge in [-0.2, -0.15) is 0 Å². The Hall–Kier alpha value is -1.02. The minimum atomic E-state index is 0.794. The lowest BCUT2D eigenvalue weighted by Crippen LogP contribution is -2.38. The summed E-state index contributed by atoms with van der Waals surface area (Å²) in [6.07, 6.45) is 8.17. The highest BCUT2D eigenvalue weighted by molar-refractivity contribution is 5.56. The fraction of sp³-hybridized carbons (Fsp3) is 0.647. The summed E-state index contributed by atoms with van der Waals surface area (Å²) in [5, 5.41) is 3.73. The quantitative estimate of drug-likeness (QED) is 0.891. The molecule has 0 atom stereocenters. The van der Waals surface area contributed by atoms with Gasteiger partial charge in [-0.3, -0.25) is 0 Å². The van der Waals surface area contributed by atoms with E-state index >= 15 is 0 Å². The maximum absolute atomic E-state index is 3.73. The number of nitrogens with one attached hydrogen (secondary N) is 1. The van der Waals surface area contributed by atoms with Gasteiger partial charge in [0.2, 0.25) is 0 Å². The highest BCUT2D eigenvalue weighted by Crippen LogP contribution is 2.27. The lowest BCUT2D eigenvalue weighted by molar-refractivity contribution is 0.520. The number of anilines is 1. The number of hydrogen-bond acceptors (Lipinski definition) is 2. The lowest BCUT2D eigenvalue weighted by Gasteiger charge is -2.32. The molecule has 2 nitrogen and oxygen atoms in total. The maximum Gasteiger partial charge on any atom is 0.0399 e. The van der Waals surface area contributed by atoms with Crippen molar-refractivity contribution in [1.29, 1.82) is 0 Å². The van der Waals surface area contributed by atoms with Crippen molar-refractivity contribution in [2.24, 2.45) is 0 Å². The summed E-state index contributed by atoms with van der Waals surface area (Å²) in [4.78, 5) is 2.57. The van der Waals surface area contributed by atoms with Crippen LogP contribution in [0.5, 0.6) is 0 Å². The van der Waals surface area contributed by atoms with E-state index < -0.39 is 0 Å². The fourth-order valence-electron chi connectivity index (χ4n) is 3.57. The van der Waals surface area contributed by atoms with Gasteiger partial charge in [-0.15, -0.1) is 0 Å². The van der Waals surface area contributed by atoms with Crippen LogP contribution < -0.4 is 10.2 Å². The zero-order valence-electron chi connectivity index (χ0n) is 12.1. The van der Waals surface area contributed by atoms with Crippen molar-refractivity contribution in [3.63, 3.8) is 0 Å². The molecule has 104 valence electrons. The summed E-state index contributed by atoms with van der Waals surface area (Å²) in [5.74, 6) is 0. The summed E-state index contributed by atoms with van der Waals surface area (Å²) in [7, 11) is 0. The van der Waals surface area contributed by atoms with Crippen molar-refractivity contribution in [1.82, 2.24) is 5.32 Å². The molecule has 2 heteroatoms. The Morgan fingerprint density at radius 2 is 2.05 bits per heavy atom. The number of nitrogens with zero attached hydrogens (tertiary/aromatic N) is 1. The molecule has 1 fully saturated rings. The van der Waals surface area contributed by atoms with E-state index in [1.54, 1.807) is 5.56 Å². The SMILES string of the molecule is Cc1ccc2c(c1)CCCN2CCNC1CCCC1. The minimum Gasteiger partial charge on any atom is -0.370 e. The van der Waals surface area contributed by atoms with Crippen LogP contribution >= 0.6 is 0 Å². The second kappa shape index (κ2) is 5.96. The number of hydrogen-bond donors (Lipinski definition) is 1. The molecule has 19 heavy (non-hydrogen) atoms. The first-order valence-corrected chi connectivity index (χ1v) is 7.91. The van der Waals surface area contributed by atoms with Crippen molar-refractivity contribution in [2.75, 3.05) is 24.5 Å². The Morgan fingerprint density at radius 1 is 1.21 bits per heavy atom. The van der Waals surface area contributed by atoms with Gasteiger partial charge in [-0.05, 0) is 44.2 Å². The first-order valence-electron chi connectivity index (χ1n) is 7.91. The molecule has 0 amide bonds. The third-order valence-electron chi connectivity index (χ3n) is 4.62. The number of fused-ring (bicyclic) bond motifs is 1. The van der Waals surface area contributed by atoms with Gasteiger partial charge in [-0.1, -0.05) is 30.5 Å². The van der Waals surface area contributed by atoms with Crippen molar-refractivity contribution in [3.8, 4) is 0 Å². The normalized spacial score (nSPS) is 19.7. The maximum atomic E-state index is 3.73. The second-order valence-corrected chi connectivity index (χ2v) is 6.16. The Kier molecular flexibility index (Phi) is 4.07. The molecule has 1 aliphatic carbocycles. The molecule has 3 rings (SSSR count). The molecule has 1 saturated carbocycles. The van der Waals surface area contributed by atoms with Gasteiger partial charge in [0.25, 0.3) is 0 Å². The molecule has 1 aromatic rings. The first kappa shape index (κ1) is 13.0. The van der Waals surface area contributed by atoms with Gasteiger partial charge in [0.15, 0.2) is 0 Å². The smallest absolute Gasteiger partial charge is 0.0399 e. The topological polar surface area (TPSA) is 15.3 Å². The zero-order valence-corrected chi connectivity index (χ0v) is 12.1. The molecule has 1 aromatic carbocycles. The Labute approximate surface area is 117 Å². The van der Waals surface area contributed by atoms with Gasteiger partial charge in [0, 0.05) is 31.4 Å². The highest BCUT2D eigenvalue weighted by atomic mass is 15.2. The van der Waals surface area contributed by atoms with Crippen LogP contribution in [0.4, 0.5) is 5.69 Å². The van der Waals surface area contributed by atoms with E-state index in [1.165, 1.54) is 56.3 Å². The molecule has 0 aromatic heterocycles. The summed E-state index contributed by atoms with van der Waals surface area (Å²) < 4.78 is 0. The van der Waals surface area contributed by atoms with E-state index in [2.05, 4.69) is 35.3 Å². The lowest BCUT2D eigenvalue weighted by atomic mass is 9.99. The van der Waals surface area contributed by atoms with Gasteiger partial charge < -0.3 is 10.2 Å². The van der Waals surface area contributed by atoms with E-state index in [-0.39, 0.29) is 0 Å². The van der Waals surface area contributed by atoms with Crippen molar-refractivity contribution >= 4 is 5.69 Å². The molecular weight excluding hydrogens is 232 g/mol. The Bertz CT molecular complexity index is 421. The standard InChI is InChI=1S/C17H26N2/c1-14-8-9-17-15(13-14)5-4-11-19(17)12-10-18-16-6-2-3-7-16/h8-9,13,16,18H,2-7,10-12H2,1H3. The summed E-state index contributed by atoms with van der Waals surface area (Å²) in [6, 6.07) is 7.73. The van der Waals surface area contributed by atoms with Crippen LogP contribution in [0.2, 0.25) is 0 Å². The average Bonchev–Trinajstić information content (AvgIpc) is 2.92. The van der Waals surface area contributed by atoms with Gasteiger partial charge in [0.05, 0.1) is 0 Å². The van der Waals surface area contributed by atoms with Gasteiger partial charge >= 0.3 is 0 Å². The molecule has 0 radical (unpaired) electrons. The Morgan fingerprint density at radius 3 is 2.89 bits per heavy atom. The predicted octanol–water partition coefficient (Wildman–Crippen LogP) is 3.28. The molecule has 1 aliphatic heterocycles. The minimum absolute atomic E-state index is 0.794. The van der Waals surface area contributed by atoms with Crippen molar-refractivity contribution < 1.29 is 0 Å². The molecule has 0 spiro atoms. The molecule has 0 unspecified atom stereocenters. The van der Waals surface area contributed by atoms with Gasteiger partial charge in [-0.25, -0.2) is 0 Å². The van der Waals surface area contributed by atoms with Crippen LogP contribution in [0.25, 0.3) is 0 Å². The molecule has 0 saturated heterocycles. The highest BCUT2D eigenvalue weighted by Gasteiger charge is 2.18. The summed E-state index contributed by atoms with van der Waals surface area (Å²) in [6.45, 7) is 5.72. The largest absolute Gasteiger partial charge is 0.370 e. The fourth-order valence-corrected chi connectivity index (χ4v) is 3.57. The third-order valence-corrected chi connectivity index (χ3v) is 4.62. The summed E-state index contributed by atoms with van der Waals surface area (Å²) in [5.41, 5.74) is 4.42. The number of benzene rings is 1. The monoisotopic (exact) mass is 258 g/mol. The van der Waals surface area contributed by atoms with E-state index in [4.69, 9.17) is 0 Å². The van der Waals surface area contributed by atoms with Crippen LogP contribution in [-0.2, 0) is 6.42 Å². The molecule has 0 bridgehead atoms. The third kappa shape index (κ3) is 3.11. The number of aryl methyl sites for hydroxylation is 2. The molecule has 1 N–H and O–H groups in total. The average molecular weight is 258 g/mol. The predicted molar refractivity (Wildman–Crippen MR) is 82.0 cm³/mol. The van der Waals surface area contributed by atoms with E-state index in [0.717, 1.165) is 19.1 Å². The first-order chi connectivity index (χ1) is 9.33. The number of rotatable bonds is 4. The molecule has 1 heterocycles. The molecular formula is C17H26N2. The second-order valence-electron chi connectivity index (χ2n) is 6.16. The summed E-state index contributed by atoms with van der Waals surface area (Å²) >= 11 is 0. The van der Waals surface area contributed by atoms with Crippen LogP contribution in [0.15, 0.2) is 18.2 Å². The Balaban J connectivity index is 1.57. The van der Waals surface area contributed by atoms with Gasteiger partial charge in [0.1, 0.15) is 0 Å². The van der Waals surface area contributed by atoms with Crippen LogP contribution in [0.3, 0.4) is 0 Å². The van der Waals surface area contributed by atoms with Crippen LogP contribution in [0.1, 0.15) is 43.2 Å². The molecule has 2 aliphatic rings. The van der Waals surface area contributed by atoms with Crippen molar-refractivity contribution in [3.05, 3.63) is 29.3 Å². The van der Waals surface area contributed by atoms with E-state index in [1.807, 2.05) is 0 Å². The van der Waals surface area contributed by atoms with E-state index in [0.29, 0.717) is 0 Å².